The Hall–Kier alpha value is -4.31. The fraction of sp³-hybridized carbons (Fsp3) is 0.444. The number of alkyl halides is 3. The highest BCUT2D eigenvalue weighted by molar-refractivity contribution is 7.99. The van der Waals surface area contributed by atoms with Gasteiger partial charge in [-0.1, -0.05) is 31.0 Å². The van der Waals surface area contributed by atoms with Gasteiger partial charge in [-0.15, -0.1) is 11.8 Å². The third-order valence-electron chi connectivity index (χ3n) is 9.76. The summed E-state index contributed by atoms with van der Waals surface area (Å²) in [5.41, 5.74) is 1.04. The minimum atomic E-state index is -4.98. The zero-order valence-electron chi connectivity index (χ0n) is 28.5. The van der Waals surface area contributed by atoms with Crippen LogP contribution in [0, 0.1) is 15.5 Å². The van der Waals surface area contributed by atoms with E-state index >= 15 is 0 Å². The smallest absolute Gasteiger partial charge is 0.376 e. The van der Waals surface area contributed by atoms with Crippen molar-refractivity contribution in [2.75, 3.05) is 35.6 Å². The van der Waals surface area contributed by atoms with E-state index in [1.54, 1.807) is 24.3 Å². The van der Waals surface area contributed by atoms with E-state index < -0.39 is 49.6 Å². The fourth-order valence-electron chi connectivity index (χ4n) is 6.83. The Morgan fingerprint density at radius 1 is 0.942 bits per heavy atom. The molecule has 0 radical (unpaired) electrons. The lowest BCUT2D eigenvalue weighted by molar-refractivity contribution is -0.384. The number of nitrogens with zero attached hydrogens (tertiary/aromatic N) is 2. The highest BCUT2D eigenvalue weighted by Gasteiger charge is 2.38. The molecule has 5 rings (SSSR count). The van der Waals surface area contributed by atoms with Crippen molar-refractivity contribution >= 4 is 50.7 Å². The van der Waals surface area contributed by atoms with Crippen molar-refractivity contribution in [2.24, 2.45) is 5.41 Å². The minimum Gasteiger partial charge on any atom is -0.376 e. The SMILES string of the molecule is O=C(NS(=O)(=O)c1ccc(NC(CCCCNC(=O)C(F)(F)F)CSc2ccccc2)c([N+](=O)[O-])c1)c1ccc(N2CCC3(CCCC3)CC2)cc1. The van der Waals surface area contributed by atoms with Crippen molar-refractivity contribution in [1.29, 1.82) is 0 Å². The van der Waals surface area contributed by atoms with E-state index in [9.17, 15) is 41.3 Å². The number of sulfonamides is 1. The first-order chi connectivity index (χ1) is 24.7. The Bertz CT molecular complexity index is 1810. The minimum absolute atomic E-state index is 0.0338. The highest BCUT2D eigenvalue weighted by Crippen LogP contribution is 2.46. The number of benzene rings is 3. The second kappa shape index (κ2) is 17.0. The molecule has 1 aliphatic carbocycles. The molecule has 1 atom stereocenters. The molecule has 1 saturated heterocycles. The molecule has 1 aliphatic heterocycles. The van der Waals surface area contributed by atoms with Crippen molar-refractivity contribution < 1.29 is 36.1 Å². The first kappa shape index (κ1) is 38.9. The summed E-state index contributed by atoms with van der Waals surface area (Å²) in [6.45, 7) is 1.67. The molecule has 3 aromatic rings. The lowest BCUT2D eigenvalue weighted by Crippen LogP contribution is -2.38. The number of halogens is 3. The van der Waals surface area contributed by atoms with Gasteiger partial charge >= 0.3 is 12.1 Å². The summed E-state index contributed by atoms with van der Waals surface area (Å²) in [5, 5.41) is 17.1. The number of piperidine rings is 1. The highest BCUT2D eigenvalue weighted by atomic mass is 32.2. The number of amides is 2. The molecule has 2 amide bonds. The number of unbranched alkanes of at least 4 members (excludes halogenated alkanes) is 1. The fourth-order valence-corrected chi connectivity index (χ4v) is 8.81. The van der Waals surface area contributed by atoms with Crippen LogP contribution in [0.2, 0.25) is 0 Å². The number of hydrogen-bond donors (Lipinski definition) is 3. The second-order valence-corrected chi connectivity index (χ2v) is 16.1. The third kappa shape index (κ3) is 10.4. The van der Waals surface area contributed by atoms with Crippen molar-refractivity contribution in [3.63, 3.8) is 0 Å². The van der Waals surface area contributed by atoms with Gasteiger partial charge in [-0.05, 0) is 98.9 Å². The van der Waals surface area contributed by atoms with Crippen LogP contribution in [0.1, 0.15) is 68.1 Å². The van der Waals surface area contributed by atoms with Crippen LogP contribution >= 0.6 is 11.8 Å². The number of thioether (sulfide) groups is 1. The quantitative estimate of drug-likeness (QED) is 0.0628. The second-order valence-electron chi connectivity index (χ2n) is 13.3. The van der Waals surface area contributed by atoms with Gasteiger partial charge in [-0.3, -0.25) is 19.7 Å². The maximum absolute atomic E-state index is 13.2. The number of nitrogens with one attached hydrogen (secondary N) is 3. The Morgan fingerprint density at radius 3 is 2.25 bits per heavy atom. The van der Waals surface area contributed by atoms with E-state index in [-0.39, 0.29) is 24.2 Å². The normalized spacial score (nSPS) is 16.3. The van der Waals surface area contributed by atoms with Gasteiger partial charge in [0.15, 0.2) is 0 Å². The molecule has 1 saturated carbocycles. The summed E-state index contributed by atoms with van der Waals surface area (Å²) in [4.78, 5) is 38.3. The molecule has 3 aromatic carbocycles. The van der Waals surface area contributed by atoms with Crippen LogP contribution in [0.4, 0.5) is 30.2 Å². The molecular formula is C36H42F3N5O6S2. The largest absolute Gasteiger partial charge is 0.471 e. The molecule has 280 valence electrons. The predicted molar refractivity (Wildman–Crippen MR) is 194 cm³/mol. The van der Waals surface area contributed by atoms with Gasteiger partial charge in [0.05, 0.1) is 9.82 Å². The van der Waals surface area contributed by atoms with E-state index in [4.69, 9.17) is 0 Å². The van der Waals surface area contributed by atoms with Crippen LogP contribution in [0.15, 0.2) is 82.6 Å². The lowest BCUT2D eigenvalue weighted by atomic mass is 9.77. The average molecular weight is 762 g/mol. The molecule has 1 unspecified atom stereocenters. The van der Waals surface area contributed by atoms with E-state index in [1.807, 2.05) is 40.4 Å². The first-order valence-electron chi connectivity index (χ1n) is 17.2. The van der Waals surface area contributed by atoms with Gasteiger partial charge in [0.2, 0.25) is 0 Å². The summed E-state index contributed by atoms with van der Waals surface area (Å²) in [5.74, 6) is -2.47. The lowest BCUT2D eigenvalue weighted by Gasteiger charge is -2.40. The molecule has 2 fully saturated rings. The number of anilines is 2. The van der Waals surface area contributed by atoms with Crippen LogP contribution in [0.3, 0.4) is 0 Å². The van der Waals surface area contributed by atoms with Crippen LogP contribution < -0.4 is 20.3 Å². The summed E-state index contributed by atoms with van der Waals surface area (Å²) in [6, 6.07) is 18.9. The summed E-state index contributed by atoms with van der Waals surface area (Å²) in [6.07, 6.45) is 3.45. The Morgan fingerprint density at radius 2 is 1.62 bits per heavy atom. The topological polar surface area (TPSA) is 151 Å². The molecule has 16 heteroatoms. The van der Waals surface area contributed by atoms with Crippen LogP contribution in [-0.4, -0.2) is 62.8 Å². The van der Waals surface area contributed by atoms with Crippen LogP contribution in [-0.2, 0) is 14.8 Å². The number of nitro benzene ring substituents is 1. The molecule has 3 N–H and O–H groups in total. The number of rotatable bonds is 15. The van der Waals surface area contributed by atoms with Crippen LogP contribution in [0.25, 0.3) is 0 Å². The monoisotopic (exact) mass is 761 g/mol. The number of hydrogen-bond acceptors (Lipinski definition) is 9. The van der Waals surface area contributed by atoms with Crippen molar-refractivity contribution in [1.82, 2.24) is 10.0 Å². The molecule has 0 bridgehead atoms. The number of nitro groups is 1. The first-order valence-corrected chi connectivity index (χ1v) is 19.7. The Kier molecular flexibility index (Phi) is 12.7. The third-order valence-corrected chi connectivity index (χ3v) is 12.3. The summed E-state index contributed by atoms with van der Waals surface area (Å²) in [7, 11) is -4.50. The van der Waals surface area contributed by atoms with Crippen LogP contribution in [0.5, 0.6) is 0 Å². The van der Waals surface area contributed by atoms with E-state index in [2.05, 4.69) is 10.2 Å². The van der Waals surface area contributed by atoms with Gasteiger partial charge in [0.25, 0.3) is 21.6 Å². The molecule has 0 aromatic heterocycles. The zero-order chi connectivity index (χ0) is 37.4. The zero-order valence-corrected chi connectivity index (χ0v) is 30.1. The Labute approximate surface area is 305 Å². The maximum Gasteiger partial charge on any atom is 0.471 e. The standard InChI is InChI=1S/C36H42F3N5O6S2/c37-36(38,39)34(46)40-21-7-4-8-27(25-51-29-9-2-1-3-10-29)41-31-16-15-30(24-32(31)44(47)48)52(49,50)42-33(45)26-11-13-28(14-12-26)43-22-19-35(20-23-43)17-5-6-18-35/h1-3,9-16,24,27,41H,4-8,17-23,25H2,(H,40,46)(H,42,45). The van der Waals surface area contributed by atoms with E-state index in [0.717, 1.165) is 48.6 Å². The number of carbonyl (C=O) groups is 2. The number of carbonyl (C=O) groups excluding carboxylic acids is 2. The summed E-state index contributed by atoms with van der Waals surface area (Å²) >= 11 is 1.46. The van der Waals surface area contributed by atoms with Crippen molar-refractivity contribution in [2.45, 2.75) is 79.8 Å². The summed E-state index contributed by atoms with van der Waals surface area (Å²) < 4.78 is 66.0. The van der Waals surface area contributed by atoms with Gasteiger partial charge in [-0.2, -0.15) is 13.2 Å². The van der Waals surface area contributed by atoms with Gasteiger partial charge in [0, 0.05) is 53.6 Å². The molecule has 1 heterocycles. The van der Waals surface area contributed by atoms with E-state index in [1.165, 1.54) is 43.5 Å². The van der Waals surface area contributed by atoms with Crippen molar-refractivity contribution in [3.05, 3.63) is 88.5 Å². The van der Waals surface area contributed by atoms with E-state index in [0.29, 0.717) is 24.0 Å². The van der Waals surface area contributed by atoms with Crippen molar-refractivity contribution in [3.8, 4) is 0 Å². The molecule has 52 heavy (non-hydrogen) atoms. The predicted octanol–water partition coefficient (Wildman–Crippen LogP) is 7.30. The maximum atomic E-state index is 13.2. The molecule has 2 aliphatic rings. The molecule has 11 nitrogen and oxygen atoms in total. The van der Waals surface area contributed by atoms with Gasteiger partial charge in [0.1, 0.15) is 5.69 Å². The Balaban J connectivity index is 1.22. The average Bonchev–Trinajstić information content (AvgIpc) is 3.58. The van der Waals surface area contributed by atoms with Gasteiger partial charge < -0.3 is 15.5 Å². The van der Waals surface area contributed by atoms with Gasteiger partial charge in [-0.25, -0.2) is 13.1 Å². The molecule has 1 spiro atoms. The molecular weight excluding hydrogens is 720 g/mol.